The van der Waals surface area contributed by atoms with Crippen molar-refractivity contribution in [3.05, 3.63) is 58.0 Å². The van der Waals surface area contributed by atoms with Crippen molar-refractivity contribution in [2.45, 2.75) is 6.92 Å². The van der Waals surface area contributed by atoms with E-state index in [1.165, 1.54) is 6.92 Å². The first-order chi connectivity index (χ1) is 12.4. The van der Waals surface area contributed by atoms with Crippen LogP contribution in [-0.2, 0) is 0 Å². The first-order valence-corrected chi connectivity index (χ1v) is 7.29. The Morgan fingerprint density at radius 3 is 2.54 bits per heavy atom. The molecule has 1 aromatic heterocycles. The van der Waals surface area contributed by atoms with Gasteiger partial charge in [-0.1, -0.05) is 23.4 Å². The van der Waals surface area contributed by atoms with Gasteiger partial charge in [0.25, 0.3) is 5.91 Å². The summed E-state index contributed by atoms with van der Waals surface area (Å²) >= 11 is 0. The number of phenolic OH excluding ortho intramolecular Hbond substituents is 2. The highest BCUT2D eigenvalue weighted by Gasteiger charge is 2.33. The fraction of sp³-hybridized carbons (Fsp3) is 0.0625. The second-order valence-electron chi connectivity index (χ2n) is 5.23. The molecule has 0 radical (unpaired) electrons. The maximum absolute atomic E-state index is 12.7. The maximum atomic E-state index is 12.7. The smallest absolute Gasteiger partial charge is 0.328 e. The minimum Gasteiger partial charge on any atom is -0.504 e. The van der Waals surface area contributed by atoms with E-state index < -0.39 is 33.6 Å². The minimum absolute atomic E-state index is 0.140. The van der Waals surface area contributed by atoms with Crippen molar-refractivity contribution in [1.29, 1.82) is 0 Å². The molecule has 10 nitrogen and oxygen atoms in total. The molecule has 0 spiro atoms. The van der Waals surface area contributed by atoms with Crippen molar-refractivity contribution < 1.29 is 24.5 Å². The summed E-state index contributed by atoms with van der Waals surface area (Å²) in [6.07, 6.45) is 0. The van der Waals surface area contributed by atoms with Gasteiger partial charge in [-0.05, 0) is 18.2 Å². The fourth-order valence-corrected chi connectivity index (χ4v) is 2.35. The number of hydrogen-bond donors (Lipinski definition) is 3. The number of nitrogens with zero attached hydrogens (tertiary/aromatic N) is 3. The van der Waals surface area contributed by atoms with Crippen LogP contribution in [0.4, 0.5) is 11.4 Å². The van der Waals surface area contributed by atoms with Crippen molar-refractivity contribution in [3.8, 4) is 22.9 Å². The van der Waals surface area contributed by atoms with E-state index in [9.17, 15) is 25.1 Å². The SMILES string of the molecule is Cc1nc(-c2cc(O)c(O)c([N+](=O)[O-])c2C(=O)Nc2ccccc2)no1. The van der Waals surface area contributed by atoms with Crippen molar-refractivity contribution in [1.82, 2.24) is 10.1 Å². The van der Waals surface area contributed by atoms with Crippen LogP contribution in [0.3, 0.4) is 0 Å². The summed E-state index contributed by atoms with van der Waals surface area (Å²) in [5, 5.41) is 37.3. The van der Waals surface area contributed by atoms with Gasteiger partial charge in [0.2, 0.25) is 17.5 Å². The molecule has 0 saturated heterocycles. The molecule has 132 valence electrons. The zero-order chi connectivity index (χ0) is 18.8. The van der Waals surface area contributed by atoms with E-state index in [1.54, 1.807) is 30.3 Å². The van der Waals surface area contributed by atoms with Gasteiger partial charge in [-0.3, -0.25) is 14.9 Å². The predicted molar refractivity (Wildman–Crippen MR) is 88.9 cm³/mol. The van der Waals surface area contributed by atoms with Crippen LogP contribution in [0.15, 0.2) is 40.9 Å². The summed E-state index contributed by atoms with van der Waals surface area (Å²) in [5.74, 6) is -2.68. The normalized spacial score (nSPS) is 10.5. The third-order valence-electron chi connectivity index (χ3n) is 3.46. The molecule has 0 aliphatic carbocycles. The van der Waals surface area contributed by atoms with Crippen LogP contribution in [0, 0.1) is 17.0 Å². The van der Waals surface area contributed by atoms with Crippen LogP contribution in [0.1, 0.15) is 16.2 Å². The highest BCUT2D eigenvalue weighted by atomic mass is 16.6. The molecule has 0 unspecified atom stereocenters. The van der Waals surface area contributed by atoms with E-state index >= 15 is 0 Å². The Labute approximate surface area is 145 Å². The summed E-state index contributed by atoms with van der Waals surface area (Å²) in [6, 6.07) is 9.21. The van der Waals surface area contributed by atoms with Crippen LogP contribution in [-0.4, -0.2) is 31.2 Å². The number of amides is 1. The van der Waals surface area contributed by atoms with E-state index in [2.05, 4.69) is 15.5 Å². The summed E-state index contributed by atoms with van der Waals surface area (Å²) in [5.41, 5.74) is -1.24. The highest BCUT2D eigenvalue weighted by molar-refractivity contribution is 6.12. The lowest BCUT2D eigenvalue weighted by Crippen LogP contribution is -2.16. The highest BCUT2D eigenvalue weighted by Crippen LogP contribution is 2.43. The van der Waals surface area contributed by atoms with Crippen molar-refractivity contribution in [2.75, 3.05) is 5.32 Å². The molecule has 0 fully saturated rings. The summed E-state index contributed by atoms with van der Waals surface area (Å²) in [7, 11) is 0. The molecule has 3 rings (SSSR count). The summed E-state index contributed by atoms with van der Waals surface area (Å²) in [4.78, 5) is 27.1. The van der Waals surface area contributed by atoms with Crippen LogP contribution < -0.4 is 5.32 Å². The summed E-state index contributed by atoms with van der Waals surface area (Å²) in [6.45, 7) is 1.49. The number of para-hydroxylation sites is 1. The molecular formula is C16H12N4O6. The predicted octanol–water partition coefficient (Wildman–Crippen LogP) is 2.62. The van der Waals surface area contributed by atoms with Gasteiger partial charge in [0.05, 0.1) is 4.92 Å². The number of nitrogens with one attached hydrogen (secondary N) is 1. The second-order valence-corrected chi connectivity index (χ2v) is 5.23. The number of carbonyl (C=O) groups excluding carboxylic acids is 1. The van der Waals surface area contributed by atoms with Gasteiger partial charge < -0.3 is 20.1 Å². The Hall–Kier alpha value is -3.95. The molecule has 10 heteroatoms. The second kappa shape index (κ2) is 6.51. The van der Waals surface area contributed by atoms with Gasteiger partial charge in [-0.15, -0.1) is 0 Å². The Morgan fingerprint density at radius 2 is 1.96 bits per heavy atom. The first kappa shape index (κ1) is 16.9. The summed E-state index contributed by atoms with van der Waals surface area (Å²) < 4.78 is 4.84. The molecule has 2 aromatic carbocycles. The molecule has 26 heavy (non-hydrogen) atoms. The van der Waals surface area contributed by atoms with Crippen LogP contribution in [0.25, 0.3) is 11.4 Å². The number of nitro groups is 1. The number of phenols is 2. The molecule has 1 amide bonds. The number of aromatic nitrogens is 2. The third kappa shape index (κ3) is 3.02. The topological polar surface area (TPSA) is 152 Å². The van der Waals surface area contributed by atoms with E-state index in [0.29, 0.717) is 5.69 Å². The number of anilines is 1. The van der Waals surface area contributed by atoms with E-state index in [0.717, 1.165) is 6.07 Å². The monoisotopic (exact) mass is 356 g/mol. The van der Waals surface area contributed by atoms with Gasteiger partial charge in [0, 0.05) is 18.2 Å². The molecule has 1 heterocycles. The molecule has 0 aliphatic rings. The molecular weight excluding hydrogens is 344 g/mol. The molecule has 0 bridgehead atoms. The first-order valence-electron chi connectivity index (χ1n) is 7.29. The number of aromatic hydroxyl groups is 2. The van der Waals surface area contributed by atoms with Gasteiger partial charge in [-0.25, -0.2) is 0 Å². The number of hydrogen-bond acceptors (Lipinski definition) is 8. The zero-order valence-electron chi connectivity index (χ0n) is 13.3. The van der Waals surface area contributed by atoms with Crippen molar-refractivity contribution in [2.24, 2.45) is 0 Å². The van der Waals surface area contributed by atoms with E-state index in [4.69, 9.17) is 4.52 Å². The van der Waals surface area contributed by atoms with Gasteiger partial charge in [0.15, 0.2) is 5.75 Å². The Kier molecular flexibility index (Phi) is 4.23. The minimum atomic E-state index is -1.03. The molecule has 3 N–H and O–H groups in total. The molecule has 0 aliphatic heterocycles. The van der Waals surface area contributed by atoms with Crippen molar-refractivity contribution >= 4 is 17.3 Å². The van der Waals surface area contributed by atoms with E-state index in [1.807, 2.05) is 0 Å². The van der Waals surface area contributed by atoms with Gasteiger partial charge in [0.1, 0.15) is 5.56 Å². The standard InChI is InChI=1S/C16H12N4O6/c1-8-17-15(19-26-8)10-7-11(21)14(22)13(20(24)25)12(10)16(23)18-9-5-3-2-4-6-9/h2-7,21-22H,1H3,(H,18,23). The van der Waals surface area contributed by atoms with Crippen LogP contribution in [0.2, 0.25) is 0 Å². The van der Waals surface area contributed by atoms with Crippen LogP contribution in [0.5, 0.6) is 11.5 Å². The van der Waals surface area contributed by atoms with Gasteiger partial charge in [-0.2, -0.15) is 4.98 Å². The number of nitro benzene ring substituents is 1. The third-order valence-corrected chi connectivity index (χ3v) is 3.46. The fourth-order valence-electron chi connectivity index (χ4n) is 2.35. The van der Waals surface area contributed by atoms with Gasteiger partial charge >= 0.3 is 5.69 Å². The quantitative estimate of drug-likeness (QED) is 0.366. The lowest BCUT2D eigenvalue weighted by atomic mass is 10.0. The number of carbonyl (C=O) groups is 1. The zero-order valence-corrected chi connectivity index (χ0v) is 13.3. The average Bonchev–Trinajstić information content (AvgIpc) is 3.03. The van der Waals surface area contributed by atoms with E-state index in [-0.39, 0.29) is 17.3 Å². The lowest BCUT2D eigenvalue weighted by molar-refractivity contribution is -0.386. The Balaban J connectivity index is 2.21. The number of rotatable bonds is 4. The molecule has 0 saturated carbocycles. The number of aryl methyl sites for hydroxylation is 1. The van der Waals surface area contributed by atoms with Crippen molar-refractivity contribution in [3.63, 3.8) is 0 Å². The average molecular weight is 356 g/mol. The Morgan fingerprint density at radius 1 is 1.27 bits per heavy atom. The van der Waals surface area contributed by atoms with Crippen LogP contribution >= 0.6 is 0 Å². The number of benzene rings is 2. The Bertz CT molecular complexity index is 999. The lowest BCUT2D eigenvalue weighted by Gasteiger charge is -2.11. The maximum Gasteiger partial charge on any atom is 0.328 e. The largest absolute Gasteiger partial charge is 0.504 e. The molecule has 3 aromatic rings. The molecule has 0 atom stereocenters.